The molecule has 1 atom stereocenters. The summed E-state index contributed by atoms with van der Waals surface area (Å²) in [4.78, 5) is 37.7. The van der Waals surface area contributed by atoms with E-state index in [1.54, 1.807) is 6.07 Å². The number of benzene rings is 2. The van der Waals surface area contributed by atoms with Crippen LogP contribution in [0.5, 0.6) is 0 Å². The van der Waals surface area contributed by atoms with E-state index < -0.39 is 30.2 Å². The van der Waals surface area contributed by atoms with Gasteiger partial charge in [-0.25, -0.2) is 4.39 Å². The summed E-state index contributed by atoms with van der Waals surface area (Å²) in [5.74, 6) is -2.65. The Morgan fingerprint density at radius 3 is 2.61 bits per heavy atom. The first-order chi connectivity index (χ1) is 13.3. The highest BCUT2D eigenvalue weighted by atomic mass is 35.5. The van der Waals surface area contributed by atoms with E-state index in [1.165, 1.54) is 41.3 Å². The van der Waals surface area contributed by atoms with Crippen molar-refractivity contribution in [1.82, 2.24) is 0 Å². The summed E-state index contributed by atoms with van der Waals surface area (Å²) >= 11 is 11.8. The van der Waals surface area contributed by atoms with Crippen LogP contribution in [0.3, 0.4) is 0 Å². The molecule has 1 saturated heterocycles. The molecule has 0 saturated carbocycles. The van der Waals surface area contributed by atoms with Gasteiger partial charge in [-0.1, -0.05) is 23.2 Å². The van der Waals surface area contributed by atoms with Gasteiger partial charge < -0.3 is 15.0 Å². The number of anilines is 2. The summed E-state index contributed by atoms with van der Waals surface area (Å²) in [5, 5.41) is 3.18. The largest absolute Gasteiger partial charge is 0.455 e. The summed E-state index contributed by atoms with van der Waals surface area (Å²) in [7, 11) is 0. The van der Waals surface area contributed by atoms with Crippen LogP contribution in [-0.2, 0) is 19.1 Å². The minimum atomic E-state index is -0.708. The molecular weight excluding hydrogens is 410 g/mol. The summed E-state index contributed by atoms with van der Waals surface area (Å²) in [6.07, 6.45) is -0.0437. The molecular formula is C19H15Cl2FN2O4. The summed E-state index contributed by atoms with van der Waals surface area (Å²) in [6.45, 7) is -0.423. The highest BCUT2D eigenvalue weighted by Gasteiger charge is 2.36. The van der Waals surface area contributed by atoms with Crippen molar-refractivity contribution in [1.29, 1.82) is 0 Å². The molecule has 6 nitrogen and oxygen atoms in total. The van der Waals surface area contributed by atoms with E-state index in [0.29, 0.717) is 21.4 Å². The van der Waals surface area contributed by atoms with Gasteiger partial charge in [0.15, 0.2) is 6.61 Å². The zero-order valence-electron chi connectivity index (χ0n) is 14.5. The quantitative estimate of drug-likeness (QED) is 0.742. The molecule has 0 aliphatic carbocycles. The first-order valence-electron chi connectivity index (χ1n) is 8.31. The van der Waals surface area contributed by atoms with E-state index in [-0.39, 0.29) is 18.9 Å². The van der Waals surface area contributed by atoms with E-state index in [9.17, 15) is 18.8 Å². The van der Waals surface area contributed by atoms with Crippen molar-refractivity contribution in [3.8, 4) is 0 Å². The number of hydrogen-bond acceptors (Lipinski definition) is 4. The van der Waals surface area contributed by atoms with Crippen molar-refractivity contribution in [3.05, 3.63) is 58.3 Å². The number of nitrogens with one attached hydrogen (secondary N) is 1. The Hall–Kier alpha value is -2.64. The lowest BCUT2D eigenvalue weighted by Crippen LogP contribution is -2.28. The fraction of sp³-hybridized carbons (Fsp3) is 0.211. The van der Waals surface area contributed by atoms with Crippen LogP contribution in [0.4, 0.5) is 15.8 Å². The fourth-order valence-corrected chi connectivity index (χ4v) is 3.11. The highest BCUT2D eigenvalue weighted by molar-refractivity contribution is 6.35. The van der Waals surface area contributed by atoms with Crippen LogP contribution < -0.4 is 10.2 Å². The third kappa shape index (κ3) is 4.79. The Labute approximate surface area is 170 Å². The standard InChI is InChI=1S/C19H15Cl2FN2O4/c20-12-1-6-15(21)16(8-12)23-17(25)10-28-19(27)11-7-18(26)24(9-11)14-4-2-13(22)3-5-14/h1-6,8,11H,7,9-10H2,(H,23,25)/t11-/m0/s1. The Bertz CT molecular complexity index is 921. The van der Waals surface area contributed by atoms with Gasteiger partial charge in [-0.05, 0) is 42.5 Å². The molecule has 146 valence electrons. The maximum atomic E-state index is 13.0. The lowest BCUT2D eigenvalue weighted by atomic mass is 10.1. The van der Waals surface area contributed by atoms with Crippen molar-refractivity contribution in [2.75, 3.05) is 23.4 Å². The van der Waals surface area contributed by atoms with Crippen molar-refractivity contribution in [3.63, 3.8) is 0 Å². The molecule has 1 aliphatic heterocycles. The summed E-state index contributed by atoms with van der Waals surface area (Å²) in [5.41, 5.74) is 0.795. The van der Waals surface area contributed by atoms with E-state index in [2.05, 4.69) is 5.32 Å². The Morgan fingerprint density at radius 2 is 1.89 bits per heavy atom. The van der Waals surface area contributed by atoms with Gasteiger partial charge in [0.1, 0.15) is 5.82 Å². The van der Waals surface area contributed by atoms with E-state index in [0.717, 1.165) is 0 Å². The molecule has 28 heavy (non-hydrogen) atoms. The molecule has 0 unspecified atom stereocenters. The first-order valence-corrected chi connectivity index (χ1v) is 9.06. The predicted molar refractivity (Wildman–Crippen MR) is 103 cm³/mol. The summed E-state index contributed by atoms with van der Waals surface area (Å²) in [6, 6.07) is 9.97. The second kappa shape index (κ2) is 8.58. The van der Waals surface area contributed by atoms with Crippen LogP contribution >= 0.6 is 23.2 Å². The van der Waals surface area contributed by atoms with Crippen LogP contribution in [0.2, 0.25) is 10.0 Å². The minimum absolute atomic E-state index is 0.0437. The number of nitrogens with zero attached hydrogens (tertiary/aromatic N) is 1. The molecule has 3 rings (SSSR count). The van der Waals surface area contributed by atoms with Crippen LogP contribution in [0, 0.1) is 11.7 Å². The van der Waals surface area contributed by atoms with Gasteiger partial charge in [0.05, 0.1) is 16.6 Å². The average Bonchev–Trinajstić information content (AvgIpc) is 3.05. The lowest BCUT2D eigenvalue weighted by Gasteiger charge is -2.16. The lowest BCUT2D eigenvalue weighted by molar-refractivity contribution is -0.151. The third-order valence-corrected chi connectivity index (χ3v) is 4.71. The molecule has 0 aromatic heterocycles. The molecule has 9 heteroatoms. The Morgan fingerprint density at radius 1 is 1.18 bits per heavy atom. The molecule has 2 amide bonds. The van der Waals surface area contributed by atoms with Crippen molar-refractivity contribution in [2.24, 2.45) is 5.92 Å². The second-order valence-corrected chi connectivity index (χ2v) is 7.01. The maximum absolute atomic E-state index is 13.0. The number of carbonyl (C=O) groups is 3. The monoisotopic (exact) mass is 424 g/mol. The van der Waals surface area contributed by atoms with Gasteiger partial charge >= 0.3 is 5.97 Å². The number of hydrogen-bond donors (Lipinski definition) is 1. The number of amides is 2. The van der Waals surface area contributed by atoms with Crippen molar-refractivity contribution < 1.29 is 23.5 Å². The zero-order valence-corrected chi connectivity index (χ0v) is 16.0. The van der Waals surface area contributed by atoms with Gasteiger partial charge in [-0.15, -0.1) is 0 Å². The fourth-order valence-electron chi connectivity index (χ4n) is 2.77. The van der Waals surface area contributed by atoms with Gasteiger partial charge in [-0.3, -0.25) is 14.4 Å². The van der Waals surface area contributed by atoms with Crippen LogP contribution in [-0.4, -0.2) is 30.9 Å². The predicted octanol–water partition coefficient (Wildman–Crippen LogP) is 3.67. The number of esters is 1. The third-order valence-electron chi connectivity index (χ3n) is 4.14. The van der Waals surface area contributed by atoms with Crippen LogP contribution in [0.25, 0.3) is 0 Å². The molecule has 1 N–H and O–H groups in total. The second-order valence-electron chi connectivity index (χ2n) is 6.16. The highest BCUT2D eigenvalue weighted by Crippen LogP contribution is 2.27. The molecule has 1 aliphatic rings. The zero-order chi connectivity index (χ0) is 20.3. The SMILES string of the molecule is O=C(COC(=O)[C@H]1CC(=O)N(c2ccc(F)cc2)C1)Nc1cc(Cl)ccc1Cl. The molecule has 0 spiro atoms. The van der Waals surface area contributed by atoms with E-state index >= 15 is 0 Å². The molecule has 0 radical (unpaired) electrons. The summed E-state index contributed by atoms with van der Waals surface area (Å²) < 4.78 is 18.0. The minimum Gasteiger partial charge on any atom is -0.455 e. The molecule has 2 aromatic rings. The normalized spacial score (nSPS) is 16.2. The first kappa shape index (κ1) is 20.1. The topological polar surface area (TPSA) is 75.7 Å². The van der Waals surface area contributed by atoms with Gasteiger partial charge in [0.25, 0.3) is 5.91 Å². The Balaban J connectivity index is 1.53. The maximum Gasteiger partial charge on any atom is 0.311 e. The molecule has 0 bridgehead atoms. The van der Waals surface area contributed by atoms with E-state index in [1.807, 2.05) is 0 Å². The van der Waals surface area contributed by atoms with Crippen molar-refractivity contribution >= 4 is 52.4 Å². The molecule has 1 heterocycles. The number of ether oxygens (including phenoxy) is 1. The van der Waals surface area contributed by atoms with Gasteiger partial charge in [0, 0.05) is 23.7 Å². The van der Waals surface area contributed by atoms with Crippen molar-refractivity contribution in [2.45, 2.75) is 6.42 Å². The number of carbonyl (C=O) groups excluding carboxylic acids is 3. The number of halogens is 3. The van der Waals surface area contributed by atoms with E-state index in [4.69, 9.17) is 27.9 Å². The van der Waals surface area contributed by atoms with Crippen LogP contribution in [0.1, 0.15) is 6.42 Å². The van der Waals surface area contributed by atoms with Crippen LogP contribution in [0.15, 0.2) is 42.5 Å². The smallest absolute Gasteiger partial charge is 0.311 e. The average molecular weight is 425 g/mol. The molecule has 1 fully saturated rings. The molecule has 2 aromatic carbocycles. The van der Waals surface area contributed by atoms with Gasteiger partial charge in [-0.2, -0.15) is 0 Å². The van der Waals surface area contributed by atoms with Gasteiger partial charge in [0.2, 0.25) is 5.91 Å². The Kier molecular flexibility index (Phi) is 6.16. The number of rotatable bonds is 5.